The van der Waals surface area contributed by atoms with Gasteiger partial charge in [0.1, 0.15) is 5.75 Å². The SMILES string of the molecule is C#CC1CCc2ccccc2O1. The predicted molar refractivity (Wildman–Crippen MR) is 48.0 cm³/mol. The van der Waals surface area contributed by atoms with Gasteiger partial charge < -0.3 is 4.74 Å². The maximum absolute atomic E-state index is 5.54. The standard InChI is InChI=1S/C11H10O/c1-2-10-8-7-9-5-3-4-6-11(9)12-10/h1,3-6,10H,7-8H2. The smallest absolute Gasteiger partial charge is 0.159 e. The van der Waals surface area contributed by atoms with Crippen molar-refractivity contribution in [3.05, 3.63) is 29.8 Å². The number of benzene rings is 1. The van der Waals surface area contributed by atoms with Gasteiger partial charge in [0.2, 0.25) is 0 Å². The molecule has 0 amide bonds. The summed E-state index contributed by atoms with van der Waals surface area (Å²) in [6.07, 6.45) is 7.23. The van der Waals surface area contributed by atoms with Gasteiger partial charge in [0, 0.05) is 0 Å². The minimum Gasteiger partial charge on any atom is -0.477 e. The summed E-state index contributed by atoms with van der Waals surface area (Å²) in [4.78, 5) is 0. The van der Waals surface area contributed by atoms with Crippen LogP contribution in [0.25, 0.3) is 0 Å². The van der Waals surface area contributed by atoms with Gasteiger partial charge in [-0.15, -0.1) is 6.42 Å². The fourth-order valence-corrected chi connectivity index (χ4v) is 1.44. The molecule has 1 unspecified atom stereocenters. The molecule has 1 aliphatic heterocycles. The number of rotatable bonds is 0. The van der Waals surface area contributed by atoms with Crippen molar-refractivity contribution >= 4 is 0 Å². The van der Waals surface area contributed by atoms with E-state index in [4.69, 9.17) is 11.2 Å². The van der Waals surface area contributed by atoms with E-state index in [1.165, 1.54) is 5.56 Å². The van der Waals surface area contributed by atoms with Crippen LogP contribution in [-0.4, -0.2) is 6.10 Å². The lowest BCUT2D eigenvalue weighted by Gasteiger charge is -2.21. The third-order valence-electron chi connectivity index (χ3n) is 2.10. The van der Waals surface area contributed by atoms with Crippen LogP contribution in [0.5, 0.6) is 5.75 Å². The van der Waals surface area contributed by atoms with Crippen molar-refractivity contribution in [3.63, 3.8) is 0 Å². The van der Waals surface area contributed by atoms with Crippen LogP contribution in [-0.2, 0) is 6.42 Å². The maximum atomic E-state index is 5.54. The first-order valence-corrected chi connectivity index (χ1v) is 4.11. The highest BCUT2D eigenvalue weighted by molar-refractivity contribution is 5.36. The topological polar surface area (TPSA) is 9.23 Å². The molecule has 1 aromatic rings. The minimum absolute atomic E-state index is 0.0279. The van der Waals surface area contributed by atoms with Gasteiger partial charge in [-0.3, -0.25) is 0 Å². The molecule has 0 radical (unpaired) electrons. The van der Waals surface area contributed by atoms with Crippen LogP contribution in [0.1, 0.15) is 12.0 Å². The van der Waals surface area contributed by atoms with Crippen molar-refractivity contribution in [3.8, 4) is 18.1 Å². The van der Waals surface area contributed by atoms with E-state index in [1.54, 1.807) is 0 Å². The minimum atomic E-state index is -0.0279. The van der Waals surface area contributed by atoms with Gasteiger partial charge in [0.25, 0.3) is 0 Å². The lowest BCUT2D eigenvalue weighted by Crippen LogP contribution is -2.20. The Morgan fingerprint density at radius 3 is 3.08 bits per heavy atom. The Morgan fingerprint density at radius 1 is 1.42 bits per heavy atom. The van der Waals surface area contributed by atoms with Gasteiger partial charge in [0.05, 0.1) is 0 Å². The van der Waals surface area contributed by atoms with Crippen molar-refractivity contribution < 1.29 is 4.74 Å². The Labute approximate surface area is 72.4 Å². The molecule has 0 aliphatic carbocycles. The van der Waals surface area contributed by atoms with Crippen LogP contribution >= 0.6 is 0 Å². The first-order valence-electron chi connectivity index (χ1n) is 4.11. The molecule has 1 heterocycles. The highest BCUT2D eigenvalue weighted by Gasteiger charge is 2.16. The quantitative estimate of drug-likeness (QED) is 0.525. The maximum Gasteiger partial charge on any atom is 0.159 e. The van der Waals surface area contributed by atoms with Crippen LogP contribution in [0.15, 0.2) is 24.3 Å². The Morgan fingerprint density at radius 2 is 2.25 bits per heavy atom. The molecule has 12 heavy (non-hydrogen) atoms. The highest BCUT2D eigenvalue weighted by atomic mass is 16.5. The molecule has 0 saturated heterocycles. The molecule has 0 saturated carbocycles. The first kappa shape index (κ1) is 7.24. The molecule has 2 rings (SSSR count). The molecular formula is C11H10O. The number of fused-ring (bicyclic) bond motifs is 1. The molecule has 60 valence electrons. The number of aryl methyl sites for hydroxylation is 1. The second-order valence-electron chi connectivity index (χ2n) is 2.92. The second-order valence-corrected chi connectivity index (χ2v) is 2.92. The van der Waals surface area contributed by atoms with E-state index >= 15 is 0 Å². The van der Waals surface area contributed by atoms with E-state index in [9.17, 15) is 0 Å². The average Bonchev–Trinajstić information content (AvgIpc) is 2.17. The number of hydrogen-bond acceptors (Lipinski definition) is 1. The van der Waals surface area contributed by atoms with Crippen LogP contribution in [0.3, 0.4) is 0 Å². The third kappa shape index (κ3) is 1.16. The summed E-state index contributed by atoms with van der Waals surface area (Å²) >= 11 is 0. The Balaban J connectivity index is 2.30. The van der Waals surface area contributed by atoms with E-state index < -0.39 is 0 Å². The second kappa shape index (κ2) is 2.91. The monoisotopic (exact) mass is 158 g/mol. The summed E-state index contributed by atoms with van der Waals surface area (Å²) in [6.45, 7) is 0. The van der Waals surface area contributed by atoms with Gasteiger partial charge in [-0.05, 0) is 24.5 Å². The van der Waals surface area contributed by atoms with Gasteiger partial charge in [-0.2, -0.15) is 0 Å². The van der Waals surface area contributed by atoms with Crippen molar-refractivity contribution in [2.75, 3.05) is 0 Å². The third-order valence-corrected chi connectivity index (χ3v) is 2.10. The fourth-order valence-electron chi connectivity index (χ4n) is 1.44. The summed E-state index contributed by atoms with van der Waals surface area (Å²) in [5.74, 6) is 3.57. The first-order chi connectivity index (χ1) is 5.90. The molecule has 0 bridgehead atoms. The van der Waals surface area contributed by atoms with E-state index in [1.807, 2.05) is 18.2 Å². The van der Waals surface area contributed by atoms with Crippen LogP contribution in [0.4, 0.5) is 0 Å². The van der Waals surface area contributed by atoms with Gasteiger partial charge >= 0.3 is 0 Å². The van der Waals surface area contributed by atoms with E-state index in [2.05, 4.69) is 12.0 Å². The lowest BCUT2D eigenvalue weighted by atomic mass is 10.0. The zero-order valence-electron chi connectivity index (χ0n) is 6.79. The summed E-state index contributed by atoms with van der Waals surface area (Å²) in [7, 11) is 0. The number of para-hydroxylation sites is 1. The van der Waals surface area contributed by atoms with E-state index in [0.29, 0.717) is 0 Å². The zero-order valence-corrected chi connectivity index (χ0v) is 6.79. The summed E-state index contributed by atoms with van der Waals surface area (Å²) in [5, 5.41) is 0. The lowest BCUT2D eigenvalue weighted by molar-refractivity contribution is 0.227. The number of hydrogen-bond donors (Lipinski definition) is 0. The molecule has 0 fully saturated rings. The van der Waals surface area contributed by atoms with Crippen LogP contribution in [0, 0.1) is 12.3 Å². The van der Waals surface area contributed by atoms with Crippen molar-refractivity contribution in [2.24, 2.45) is 0 Å². The van der Waals surface area contributed by atoms with Crippen molar-refractivity contribution in [1.82, 2.24) is 0 Å². The number of terminal acetylenes is 1. The molecule has 0 aromatic heterocycles. The summed E-state index contributed by atoms with van der Waals surface area (Å²) in [6, 6.07) is 8.05. The molecule has 1 aliphatic rings. The van der Waals surface area contributed by atoms with Crippen LogP contribution < -0.4 is 4.74 Å². The molecule has 0 spiro atoms. The zero-order chi connectivity index (χ0) is 8.39. The largest absolute Gasteiger partial charge is 0.477 e. The van der Waals surface area contributed by atoms with E-state index in [0.717, 1.165) is 18.6 Å². The van der Waals surface area contributed by atoms with Gasteiger partial charge in [0.15, 0.2) is 6.10 Å². The normalized spacial score (nSPS) is 20.4. The molecule has 1 heteroatoms. The molecule has 1 atom stereocenters. The fraction of sp³-hybridized carbons (Fsp3) is 0.273. The summed E-state index contributed by atoms with van der Waals surface area (Å²) in [5.41, 5.74) is 1.27. The Bertz CT molecular complexity index is 322. The van der Waals surface area contributed by atoms with Gasteiger partial charge in [-0.1, -0.05) is 24.1 Å². The molecular weight excluding hydrogens is 148 g/mol. The van der Waals surface area contributed by atoms with Crippen LogP contribution in [0.2, 0.25) is 0 Å². The summed E-state index contributed by atoms with van der Waals surface area (Å²) < 4.78 is 5.54. The molecule has 1 nitrogen and oxygen atoms in total. The highest BCUT2D eigenvalue weighted by Crippen LogP contribution is 2.26. The Kier molecular flexibility index (Phi) is 1.75. The van der Waals surface area contributed by atoms with Crippen molar-refractivity contribution in [2.45, 2.75) is 18.9 Å². The van der Waals surface area contributed by atoms with E-state index in [-0.39, 0.29) is 6.10 Å². The molecule has 1 aromatic carbocycles. The molecule has 0 N–H and O–H groups in total. The Hall–Kier alpha value is -1.42. The number of ether oxygens (including phenoxy) is 1. The predicted octanol–water partition coefficient (Wildman–Crippen LogP) is 2.01. The van der Waals surface area contributed by atoms with Crippen molar-refractivity contribution in [1.29, 1.82) is 0 Å². The average molecular weight is 158 g/mol. The van der Waals surface area contributed by atoms with Gasteiger partial charge in [-0.25, -0.2) is 0 Å².